The van der Waals surface area contributed by atoms with Crippen LogP contribution in [0.4, 0.5) is 0 Å². The molecule has 0 bridgehead atoms. The van der Waals surface area contributed by atoms with E-state index in [4.69, 9.17) is 0 Å². The molecule has 0 saturated carbocycles. The van der Waals surface area contributed by atoms with Crippen molar-refractivity contribution in [2.45, 2.75) is 25.5 Å². The van der Waals surface area contributed by atoms with Crippen LogP contribution in [0.2, 0.25) is 0 Å². The Kier molecular flexibility index (Phi) is 6.10. The number of thioether (sulfide) groups is 1. The van der Waals surface area contributed by atoms with E-state index in [0.29, 0.717) is 24.9 Å². The third-order valence-electron chi connectivity index (χ3n) is 2.56. The van der Waals surface area contributed by atoms with Crippen LogP contribution < -0.4 is 5.32 Å². The molecular weight excluding hydrogens is 244 g/mol. The van der Waals surface area contributed by atoms with E-state index in [1.54, 1.807) is 4.31 Å². The predicted molar refractivity (Wildman–Crippen MR) is 70.4 cm³/mol. The highest BCUT2D eigenvalue weighted by molar-refractivity contribution is 8.00. The number of sulfonamides is 1. The number of nitrogens with one attached hydrogen (secondary N) is 1. The average molecular weight is 266 g/mol. The second-order valence-corrected chi connectivity index (χ2v) is 7.74. The maximum Gasteiger partial charge on any atom is 0.215 e. The summed E-state index contributed by atoms with van der Waals surface area (Å²) < 4.78 is 25.6. The monoisotopic (exact) mass is 266 g/mol. The molecule has 1 heterocycles. The molecule has 0 spiro atoms. The summed E-state index contributed by atoms with van der Waals surface area (Å²) in [6.45, 7) is 6.95. The van der Waals surface area contributed by atoms with Gasteiger partial charge in [0.2, 0.25) is 10.0 Å². The van der Waals surface area contributed by atoms with Crippen molar-refractivity contribution in [3.63, 3.8) is 0 Å². The molecule has 1 unspecified atom stereocenters. The first-order chi connectivity index (χ1) is 7.56. The van der Waals surface area contributed by atoms with Gasteiger partial charge in [-0.25, -0.2) is 8.42 Å². The zero-order valence-electron chi connectivity index (χ0n) is 10.1. The lowest BCUT2D eigenvalue weighted by molar-refractivity contribution is 0.423. The molecule has 0 aliphatic carbocycles. The normalized spacial score (nSPS) is 23.5. The minimum atomic E-state index is -3.04. The summed E-state index contributed by atoms with van der Waals surface area (Å²) in [7, 11) is -3.04. The zero-order valence-corrected chi connectivity index (χ0v) is 11.7. The lowest BCUT2D eigenvalue weighted by atomic mass is 10.4. The first kappa shape index (κ1) is 14.3. The third-order valence-corrected chi connectivity index (χ3v) is 5.54. The van der Waals surface area contributed by atoms with E-state index >= 15 is 0 Å². The Morgan fingerprint density at radius 1 is 1.44 bits per heavy atom. The van der Waals surface area contributed by atoms with Gasteiger partial charge in [0.1, 0.15) is 0 Å². The maximum atomic E-state index is 12.0. The minimum absolute atomic E-state index is 0.227. The second kappa shape index (κ2) is 6.83. The molecular formula is C10H22N2O2S2. The van der Waals surface area contributed by atoms with Gasteiger partial charge < -0.3 is 5.32 Å². The van der Waals surface area contributed by atoms with Gasteiger partial charge in [0.25, 0.3) is 0 Å². The molecule has 0 radical (unpaired) electrons. The molecule has 96 valence electrons. The van der Waals surface area contributed by atoms with Crippen molar-refractivity contribution in [2.75, 3.05) is 37.7 Å². The highest BCUT2D eigenvalue weighted by atomic mass is 32.2. The smallest absolute Gasteiger partial charge is 0.215 e. The molecule has 1 N–H and O–H groups in total. The molecule has 0 amide bonds. The molecule has 0 aromatic carbocycles. The fraction of sp³-hybridized carbons (Fsp3) is 1.00. The number of rotatable bonds is 6. The molecule has 4 nitrogen and oxygen atoms in total. The molecule has 1 aliphatic rings. The minimum Gasteiger partial charge on any atom is -0.316 e. The standard InChI is InChI=1S/C10H22N2O2S2/c1-3-4-11-5-8-16(13,14)12-6-7-15-10(2)9-12/h10-11H,3-9H2,1-2H3. The SMILES string of the molecule is CCCNCCS(=O)(=O)N1CCSC(C)C1. The fourth-order valence-corrected chi connectivity index (χ4v) is 4.38. The van der Waals surface area contributed by atoms with Gasteiger partial charge in [-0.2, -0.15) is 16.1 Å². The Morgan fingerprint density at radius 2 is 2.19 bits per heavy atom. The highest BCUT2D eigenvalue weighted by Gasteiger charge is 2.26. The second-order valence-electron chi connectivity index (χ2n) is 4.11. The first-order valence-corrected chi connectivity index (χ1v) is 8.52. The summed E-state index contributed by atoms with van der Waals surface area (Å²) >= 11 is 1.85. The van der Waals surface area contributed by atoms with Gasteiger partial charge in [-0.3, -0.25) is 0 Å². The predicted octanol–water partition coefficient (Wildman–Crippen LogP) is 0.753. The summed E-state index contributed by atoms with van der Waals surface area (Å²) in [6.07, 6.45) is 1.04. The quantitative estimate of drug-likeness (QED) is 0.721. The summed E-state index contributed by atoms with van der Waals surface area (Å²) in [4.78, 5) is 0. The van der Waals surface area contributed by atoms with Crippen LogP contribution in [-0.4, -0.2) is 55.7 Å². The third kappa shape index (κ3) is 4.61. The van der Waals surface area contributed by atoms with Crippen LogP contribution in [0.25, 0.3) is 0 Å². The molecule has 1 rings (SSSR count). The topological polar surface area (TPSA) is 49.4 Å². The van der Waals surface area contributed by atoms with Crippen LogP contribution in [0.5, 0.6) is 0 Å². The lowest BCUT2D eigenvalue weighted by Crippen LogP contribution is -2.43. The van der Waals surface area contributed by atoms with E-state index in [2.05, 4.69) is 19.2 Å². The number of hydrogen-bond donors (Lipinski definition) is 1. The summed E-state index contributed by atoms with van der Waals surface area (Å²) in [5, 5.41) is 3.55. The van der Waals surface area contributed by atoms with E-state index in [1.807, 2.05) is 11.8 Å². The molecule has 0 aromatic heterocycles. The summed E-state index contributed by atoms with van der Waals surface area (Å²) in [5.41, 5.74) is 0. The van der Waals surface area contributed by atoms with Gasteiger partial charge in [0.15, 0.2) is 0 Å². The van der Waals surface area contributed by atoms with Gasteiger partial charge >= 0.3 is 0 Å². The molecule has 1 atom stereocenters. The van der Waals surface area contributed by atoms with Crippen molar-refractivity contribution >= 4 is 21.8 Å². The Balaban J connectivity index is 2.37. The summed E-state index contributed by atoms with van der Waals surface area (Å²) in [5.74, 6) is 1.15. The Hall–Kier alpha value is 0.220. The first-order valence-electron chi connectivity index (χ1n) is 5.86. The van der Waals surface area contributed by atoms with Crippen molar-refractivity contribution in [1.82, 2.24) is 9.62 Å². The van der Waals surface area contributed by atoms with Gasteiger partial charge in [0.05, 0.1) is 5.75 Å². The molecule has 1 aliphatic heterocycles. The van der Waals surface area contributed by atoms with Crippen LogP contribution in [0.1, 0.15) is 20.3 Å². The number of nitrogens with zero attached hydrogens (tertiary/aromatic N) is 1. The van der Waals surface area contributed by atoms with Crippen molar-refractivity contribution < 1.29 is 8.42 Å². The van der Waals surface area contributed by atoms with Crippen molar-refractivity contribution in [3.05, 3.63) is 0 Å². The average Bonchev–Trinajstić information content (AvgIpc) is 2.24. The van der Waals surface area contributed by atoms with Crippen molar-refractivity contribution in [1.29, 1.82) is 0 Å². The fourth-order valence-electron chi connectivity index (χ4n) is 1.67. The Bertz CT molecular complexity index is 293. The van der Waals surface area contributed by atoms with Gasteiger partial charge in [-0.05, 0) is 13.0 Å². The zero-order chi connectivity index (χ0) is 12.0. The largest absolute Gasteiger partial charge is 0.316 e. The van der Waals surface area contributed by atoms with Crippen molar-refractivity contribution in [3.8, 4) is 0 Å². The van der Waals surface area contributed by atoms with Crippen LogP contribution in [0, 0.1) is 0 Å². The molecule has 1 fully saturated rings. The van der Waals surface area contributed by atoms with Gasteiger partial charge in [0, 0.05) is 30.6 Å². The van der Waals surface area contributed by atoms with E-state index in [9.17, 15) is 8.42 Å². The van der Waals surface area contributed by atoms with Crippen LogP contribution in [0.15, 0.2) is 0 Å². The van der Waals surface area contributed by atoms with Crippen LogP contribution in [-0.2, 0) is 10.0 Å². The maximum absolute atomic E-state index is 12.0. The van der Waals surface area contributed by atoms with E-state index < -0.39 is 10.0 Å². The highest BCUT2D eigenvalue weighted by Crippen LogP contribution is 2.20. The molecule has 1 saturated heterocycles. The molecule has 0 aromatic rings. The van der Waals surface area contributed by atoms with Crippen LogP contribution in [0.3, 0.4) is 0 Å². The van der Waals surface area contributed by atoms with E-state index in [-0.39, 0.29) is 5.75 Å². The lowest BCUT2D eigenvalue weighted by Gasteiger charge is -2.29. The number of hydrogen-bond acceptors (Lipinski definition) is 4. The van der Waals surface area contributed by atoms with Crippen LogP contribution >= 0.6 is 11.8 Å². The summed E-state index contributed by atoms with van der Waals surface area (Å²) in [6, 6.07) is 0. The van der Waals surface area contributed by atoms with Crippen molar-refractivity contribution in [2.24, 2.45) is 0 Å². The Labute approximate surface area is 103 Å². The Morgan fingerprint density at radius 3 is 2.81 bits per heavy atom. The van der Waals surface area contributed by atoms with E-state index in [0.717, 1.165) is 18.7 Å². The van der Waals surface area contributed by atoms with E-state index in [1.165, 1.54) is 0 Å². The van der Waals surface area contributed by atoms with Gasteiger partial charge in [-0.15, -0.1) is 0 Å². The molecule has 6 heteroatoms. The van der Waals surface area contributed by atoms with Gasteiger partial charge in [-0.1, -0.05) is 13.8 Å². The molecule has 16 heavy (non-hydrogen) atoms.